The van der Waals surface area contributed by atoms with Crippen LogP contribution in [0.3, 0.4) is 0 Å². The van der Waals surface area contributed by atoms with Gasteiger partial charge in [0.15, 0.2) is 0 Å². The SMILES string of the molecule is CCCCCCCCCCCCCCCCNC(=O)c1cc(OP(OCC)OCC)c2ccccc2c1O. The quantitative estimate of drug-likeness (QED) is 0.113. The lowest BCUT2D eigenvalue weighted by molar-refractivity contribution is 0.0950. The zero-order valence-electron chi connectivity index (χ0n) is 23.9. The largest absolute Gasteiger partial charge is 0.506 e. The van der Waals surface area contributed by atoms with Gasteiger partial charge in [-0.15, -0.1) is 0 Å². The summed E-state index contributed by atoms with van der Waals surface area (Å²) < 4.78 is 17.2. The summed E-state index contributed by atoms with van der Waals surface area (Å²) >= 11 is 0. The van der Waals surface area contributed by atoms with Crippen LogP contribution in [0.5, 0.6) is 11.5 Å². The van der Waals surface area contributed by atoms with E-state index in [0.717, 1.165) is 12.8 Å². The van der Waals surface area contributed by atoms with Crippen molar-refractivity contribution in [3.63, 3.8) is 0 Å². The summed E-state index contributed by atoms with van der Waals surface area (Å²) in [6.45, 7) is 7.52. The Labute approximate surface area is 231 Å². The van der Waals surface area contributed by atoms with Crippen molar-refractivity contribution in [2.75, 3.05) is 19.8 Å². The zero-order chi connectivity index (χ0) is 27.4. The van der Waals surface area contributed by atoms with Crippen molar-refractivity contribution in [3.05, 3.63) is 35.9 Å². The second-order valence-corrected chi connectivity index (χ2v) is 11.0. The highest BCUT2D eigenvalue weighted by atomic mass is 31.2. The lowest BCUT2D eigenvalue weighted by Gasteiger charge is -2.18. The Balaban J connectivity index is 1.73. The van der Waals surface area contributed by atoms with Gasteiger partial charge < -0.3 is 24.0 Å². The van der Waals surface area contributed by atoms with E-state index in [2.05, 4.69) is 12.2 Å². The molecule has 0 atom stereocenters. The number of phenols is 1. The maximum Gasteiger partial charge on any atom is 0.397 e. The molecule has 6 nitrogen and oxygen atoms in total. The van der Waals surface area contributed by atoms with Gasteiger partial charge in [-0.25, -0.2) is 0 Å². The first-order valence-corrected chi connectivity index (χ1v) is 16.0. The van der Waals surface area contributed by atoms with Gasteiger partial charge in [0.25, 0.3) is 5.91 Å². The average molecular weight is 548 g/mol. The Morgan fingerprint density at radius 2 is 1.26 bits per heavy atom. The number of benzene rings is 2. The number of hydrogen-bond donors (Lipinski definition) is 2. The lowest BCUT2D eigenvalue weighted by atomic mass is 10.0. The molecule has 0 aliphatic carbocycles. The summed E-state index contributed by atoms with van der Waals surface area (Å²) in [6.07, 6.45) is 18.2. The first-order chi connectivity index (χ1) is 18.6. The summed E-state index contributed by atoms with van der Waals surface area (Å²) in [7, 11) is -1.59. The molecule has 7 heteroatoms. The van der Waals surface area contributed by atoms with Crippen LogP contribution in [0.25, 0.3) is 10.8 Å². The van der Waals surface area contributed by atoms with Gasteiger partial charge in [0.05, 0.1) is 18.8 Å². The number of unbranched alkanes of at least 4 members (excludes halogenated alkanes) is 13. The number of phenolic OH excluding ortho intramolecular Hbond substituents is 1. The van der Waals surface area contributed by atoms with E-state index in [4.69, 9.17) is 13.6 Å². The molecule has 2 aromatic rings. The molecule has 0 aliphatic heterocycles. The first-order valence-electron chi connectivity index (χ1n) is 14.9. The van der Waals surface area contributed by atoms with Crippen LogP contribution >= 0.6 is 8.60 Å². The molecule has 2 N–H and O–H groups in total. The molecule has 0 heterocycles. The normalized spacial score (nSPS) is 11.4. The predicted octanol–water partition coefficient (Wildman–Crippen LogP) is 9.44. The minimum absolute atomic E-state index is 0.0384. The number of amides is 1. The van der Waals surface area contributed by atoms with E-state index in [1.54, 1.807) is 12.1 Å². The molecule has 1 amide bonds. The monoisotopic (exact) mass is 547 g/mol. The molecule has 0 radical (unpaired) electrons. The second kappa shape index (κ2) is 20.1. The fourth-order valence-electron chi connectivity index (χ4n) is 4.57. The Morgan fingerprint density at radius 1 is 0.763 bits per heavy atom. The van der Waals surface area contributed by atoms with E-state index < -0.39 is 8.60 Å². The van der Waals surface area contributed by atoms with Crippen molar-refractivity contribution in [1.82, 2.24) is 5.32 Å². The lowest BCUT2D eigenvalue weighted by Crippen LogP contribution is -2.24. The van der Waals surface area contributed by atoms with Gasteiger partial charge >= 0.3 is 8.60 Å². The molecule has 0 unspecified atom stereocenters. The second-order valence-electron chi connectivity index (χ2n) is 9.82. The van der Waals surface area contributed by atoms with E-state index in [1.807, 2.05) is 32.0 Å². The standard InChI is InChI=1S/C31H50NO5P/c1-4-7-8-9-10-11-12-13-14-15-16-17-18-21-24-32-31(34)28-25-29(37-38(35-5-2)36-6-3)26-22-19-20-23-27(26)30(28)33/h19-20,22-23,25,33H,4-18,21,24H2,1-3H3,(H,32,34). The number of aromatic hydroxyl groups is 1. The van der Waals surface area contributed by atoms with Gasteiger partial charge in [0.1, 0.15) is 11.5 Å². The van der Waals surface area contributed by atoms with Crippen molar-refractivity contribution < 1.29 is 23.5 Å². The van der Waals surface area contributed by atoms with Gasteiger partial charge in [-0.05, 0) is 26.3 Å². The van der Waals surface area contributed by atoms with Gasteiger partial charge in [0.2, 0.25) is 0 Å². The summed E-state index contributed by atoms with van der Waals surface area (Å²) in [5.41, 5.74) is 0.201. The number of rotatable bonds is 22. The van der Waals surface area contributed by atoms with Crippen molar-refractivity contribution in [2.24, 2.45) is 0 Å². The molecular weight excluding hydrogens is 497 g/mol. The zero-order valence-corrected chi connectivity index (χ0v) is 24.8. The predicted molar refractivity (Wildman–Crippen MR) is 159 cm³/mol. The Morgan fingerprint density at radius 3 is 1.79 bits per heavy atom. The number of carbonyl (C=O) groups excluding carboxylic acids is 1. The molecule has 2 aromatic carbocycles. The summed E-state index contributed by atoms with van der Waals surface area (Å²) in [5.74, 6) is 0.126. The molecule has 0 aromatic heterocycles. The van der Waals surface area contributed by atoms with E-state index >= 15 is 0 Å². The Hall–Kier alpha value is -1.88. The topological polar surface area (TPSA) is 77.0 Å². The molecule has 0 saturated carbocycles. The Kier molecular flexibility index (Phi) is 17.1. The molecule has 0 aliphatic rings. The molecule has 0 saturated heterocycles. The third kappa shape index (κ3) is 11.9. The fourth-order valence-corrected chi connectivity index (χ4v) is 5.49. The van der Waals surface area contributed by atoms with Crippen LogP contribution in [0, 0.1) is 0 Å². The molecule has 38 heavy (non-hydrogen) atoms. The fraction of sp³-hybridized carbons (Fsp3) is 0.645. The molecule has 0 fully saturated rings. The Bertz CT molecular complexity index is 917. The molecule has 214 valence electrons. The van der Waals surface area contributed by atoms with Crippen LogP contribution < -0.4 is 9.84 Å². The van der Waals surface area contributed by atoms with E-state index in [-0.39, 0.29) is 17.2 Å². The number of fused-ring (bicyclic) bond motifs is 1. The highest BCUT2D eigenvalue weighted by Gasteiger charge is 2.21. The van der Waals surface area contributed by atoms with Gasteiger partial charge in [-0.2, -0.15) is 0 Å². The third-order valence-electron chi connectivity index (χ3n) is 6.68. The third-order valence-corrected chi connectivity index (χ3v) is 7.96. The minimum atomic E-state index is -1.59. The molecule has 0 bridgehead atoms. The average Bonchev–Trinajstić information content (AvgIpc) is 2.92. The van der Waals surface area contributed by atoms with Crippen molar-refractivity contribution in [3.8, 4) is 11.5 Å². The first kappa shape index (κ1) is 32.3. The van der Waals surface area contributed by atoms with Crippen LogP contribution in [-0.2, 0) is 9.05 Å². The van der Waals surface area contributed by atoms with Crippen LogP contribution in [-0.4, -0.2) is 30.8 Å². The highest BCUT2D eigenvalue weighted by Crippen LogP contribution is 2.45. The maximum absolute atomic E-state index is 12.9. The van der Waals surface area contributed by atoms with Crippen molar-refractivity contribution in [2.45, 2.75) is 111 Å². The van der Waals surface area contributed by atoms with Gasteiger partial charge in [-0.1, -0.05) is 115 Å². The number of carbonyl (C=O) groups is 1. The van der Waals surface area contributed by atoms with E-state index in [1.165, 1.54) is 77.0 Å². The van der Waals surface area contributed by atoms with E-state index in [9.17, 15) is 9.90 Å². The van der Waals surface area contributed by atoms with Crippen LogP contribution in [0.15, 0.2) is 30.3 Å². The van der Waals surface area contributed by atoms with E-state index in [0.29, 0.717) is 36.3 Å². The van der Waals surface area contributed by atoms with Gasteiger partial charge in [-0.3, -0.25) is 4.79 Å². The minimum Gasteiger partial charge on any atom is -0.506 e. The smallest absolute Gasteiger partial charge is 0.397 e. The van der Waals surface area contributed by atoms with Crippen LogP contribution in [0.2, 0.25) is 0 Å². The summed E-state index contributed by atoms with van der Waals surface area (Å²) in [5, 5.41) is 15.1. The molecule has 2 rings (SSSR count). The number of hydrogen-bond acceptors (Lipinski definition) is 5. The maximum atomic E-state index is 12.9. The van der Waals surface area contributed by atoms with Crippen molar-refractivity contribution in [1.29, 1.82) is 0 Å². The molecular formula is C31H50NO5P. The van der Waals surface area contributed by atoms with Crippen LogP contribution in [0.4, 0.5) is 0 Å². The molecule has 0 spiro atoms. The summed E-state index contributed by atoms with van der Waals surface area (Å²) in [6, 6.07) is 8.92. The summed E-state index contributed by atoms with van der Waals surface area (Å²) in [4.78, 5) is 12.9. The van der Waals surface area contributed by atoms with Crippen molar-refractivity contribution >= 4 is 25.3 Å². The highest BCUT2D eigenvalue weighted by molar-refractivity contribution is 7.42. The number of nitrogens with one attached hydrogen (secondary N) is 1. The van der Waals surface area contributed by atoms with Gasteiger partial charge in [0, 0.05) is 17.3 Å². The van der Waals surface area contributed by atoms with Crippen LogP contribution in [0.1, 0.15) is 121 Å².